The Morgan fingerprint density at radius 3 is 2.77 bits per heavy atom. The Labute approximate surface area is 131 Å². The molecule has 5 heteroatoms. The third-order valence-electron chi connectivity index (χ3n) is 3.70. The maximum Gasteiger partial charge on any atom is 0.254 e. The van der Waals surface area contributed by atoms with Crippen LogP contribution in [-0.2, 0) is 6.54 Å². The number of carbonyl (C=O) groups excluding carboxylic acids is 1. The summed E-state index contributed by atoms with van der Waals surface area (Å²) in [4.78, 5) is 12.3. The molecule has 2 N–H and O–H groups in total. The molecule has 0 fully saturated rings. The summed E-state index contributed by atoms with van der Waals surface area (Å²) in [6.07, 6.45) is 3.07. The van der Waals surface area contributed by atoms with Gasteiger partial charge in [0, 0.05) is 18.3 Å². The molecule has 0 spiro atoms. The van der Waals surface area contributed by atoms with Crippen molar-refractivity contribution in [3.05, 3.63) is 53.3 Å². The first-order valence-corrected chi connectivity index (χ1v) is 7.60. The number of aromatic nitrogens is 2. The van der Waals surface area contributed by atoms with Crippen molar-refractivity contribution in [1.29, 1.82) is 0 Å². The molecule has 1 aromatic heterocycles. The fourth-order valence-corrected chi connectivity index (χ4v) is 2.36. The molecule has 0 aliphatic heterocycles. The molecule has 0 saturated carbocycles. The minimum absolute atomic E-state index is 0.0384. The Morgan fingerprint density at radius 1 is 1.36 bits per heavy atom. The molecule has 0 aliphatic carbocycles. The van der Waals surface area contributed by atoms with Crippen LogP contribution in [0.1, 0.15) is 41.4 Å². The zero-order valence-electron chi connectivity index (χ0n) is 13.1. The van der Waals surface area contributed by atoms with Gasteiger partial charge in [-0.25, -0.2) is 0 Å². The molecule has 0 aliphatic rings. The second-order valence-electron chi connectivity index (χ2n) is 5.53. The average molecular weight is 301 g/mol. The lowest BCUT2D eigenvalue weighted by molar-refractivity contribution is 0.0935. The normalized spacial score (nSPS) is 12.1. The maximum absolute atomic E-state index is 12.3. The minimum atomic E-state index is -0.109. The molecule has 22 heavy (non-hydrogen) atoms. The first-order chi connectivity index (χ1) is 10.6. The highest BCUT2D eigenvalue weighted by Crippen LogP contribution is 2.11. The SMILES string of the molecule is Cc1c(C(=O)NC(C)CCCO)cnn1Cc1ccccc1. The average Bonchev–Trinajstić information content (AvgIpc) is 2.87. The van der Waals surface area contributed by atoms with Crippen LogP contribution in [0.15, 0.2) is 36.5 Å². The minimum Gasteiger partial charge on any atom is -0.396 e. The highest BCUT2D eigenvalue weighted by molar-refractivity contribution is 5.95. The van der Waals surface area contributed by atoms with Crippen molar-refractivity contribution >= 4 is 5.91 Å². The van der Waals surface area contributed by atoms with Gasteiger partial charge in [0.05, 0.1) is 18.3 Å². The van der Waals surface area contributed by atoms with Crippen molar-refractivity contribution in [2.75, 3.05) is 6.61 Å². The third kappa shape index (κ3) is 4.18. The topological polar surface area (TPSA) is 67.2 Å². The number of hydrogen-bond donors (Lipinski definition) is 2. The molecule has 1 heterocycles. The zero-order chi connectivity index (χ0) is 15.9. The van der Waals surface area contributed by atoms with Crippen molar-refractivity contribution in [3.63, 3.8) is 0 Å². The van der Waals surface area contributed by atoms with Gasteiger partial charge in [-0.15, -0.1) is 0 Å². The van der Waals surface area contributed by atoms with Gasteiger partial charge in [-0.05, 0) is 32.3 Å². The van der Waals surface area contributed by atoms with Gasteiger partial charge in [-0.3, -0.25) is 9.48 Å². The van der Waals surface area contributed by atoms with Crippen LogP contribution in [0.25, 0.3) is 0 Å². The fraction of sp³-hybridized carbons (Fsp3) is 0.412. The molecule has 118 valence electrons. The van der Waals surface area contributed by atoms with Crippen molar-refractivity contribution in [2.45, 2.75) is 39.3 Å². The lowest BCUT2D eigenvalue weighted by Gasteiger charge is -2.13. The van der Waals surface area contributed by atoms with Crippen LogP contribution in [0.5, 0.6) is 0 Å². The van der Waals surface area contributed by atoms with E-state index in [1.54, 1.807) is 6.20 Å². The zero-order valence-corrected chi connectivity index (χ0v) is 13.1. The molecule has 2 rings (SSSR count). The van der Waals surface area contributed by atoms with E-state index in [1.165, 1.54) is 0 Å². The number of hydrogen-bond acceptors (Lipinski definition) is 3. The second kappa shape index (κ2) is 7.75. The molecule has 1 atom stereocenters. The van der Waals surface area contributed by atoms with E-state index < -0.39 is 0 Å². The number of benzene rings is 1. The Kier molecular flexibility index (Phi) is 5.72. The number of nitrogens with zero attached hydrogens (tertiary/aromatic N) is 2. The summed E-state index contributed by atoms with van der Waals surface area (Å²) in [7, 11) is 0. The summed E-state index contributed by atoms with van der Waals surface area (Å²) in [6.45, 7) is 4.65. The van der Waals surface area contributed by atoms with E-state index in [9.17, 15) is 4.79 Å². The largest absolute Gasteiger partial charge is 0.396 e. The van der Waals surface area contributed by atoms with Crippen LogP contribution in [0, 0.1) is 6.92 Å². The van der Waals surface area contributed by atoms with Gasteiger partial charge in [0.25, 0.3) is 5.91 Å². The molecule has 0 radical (unpaired) electrons. The maximum atomic E-state index is 12.3. The van der Waals surface area contributed by atoms with E-state index in [2.05, 4.69) is 10.4 Å². The summed E-state index contributed by atoms with van der Waals surface area (Å²) in [5, 5.41) is 16.1. The van der Waals surface area contributed by atoms with E-state index in [0.717, 1.165) is 17.7 Å². The Hall–Kier alpha value is -2.14. The Balaban J connectivity index is 2.02. The van der Waals surface area contributed by atoms with Crippen LogP contribution < -0.4 is 5.32 Å². The second-order valence-corrected chi connectivity index (χ2v) is 5.53. The first kappa shape index (κ1) is 16.2. The van der Waals surface area contributed by atoms with Crippen LogP contribution in [0.3, 0.4) is 0 Å². The number of aliphatic hydroxyl groups excluding tert-OH is 1. The standard InChI is InChI=1S/C17H23N3O2/c1-13(7-6-10-21)19-17(22)16-11-18-20(14(16)2)12-15-8-4-3-5-9-15/h3-5,8-9,11,13,21H,6-7,10,12H2,1-2H3,(H,19,22). The predicted molar refractivity (Wildman–Crippen MR) is 85.8 cm³/mol. The smallest absolute Gasteiger partial charge is 0.254 e. The lowest BCUT2D eigenvalue weighted by Crippen LogP contribution is -2.33. The van der Waals surface area contributed by atoms with Gasteiger partial charge in [0.2, 0.25) is 0 Å². The quantitative estimate of drug-likeness (QED) is 0.823. The van der Waals surface area contributed by atoms with E-state index in [-0.39, 0.29) is 18.6 Å². The van der Waals surface area contributed by atoms with Crippen LogP contribution in [-0.4, -0.2) is 33.4 Å². The molecule has 2 aromatic rings. The van der Waals surface area contributed by atoms with Crippen molar-refractivity contribution < 1.29 is 9.90 Å². The number of amides is 1. The summed E-state index contributed by atoms with van der Waals surface area (Å²) in [5.74, 6) is -0.109. The number of nitrogens with one attached hydrogen (secondary N) is 1. The van der Waals surface area contributed by atoms with Crippen molar-refractivity contribution in [1.82, 2.24) is 15.1 Å². The summed E-state index contributed by atoms with van der Waals surface area (Å²) in [6, 6.07) is 10.1. The predicted octanol–water partition coefficient (Wildman–Crippen LogP) is 2.13. The van der Waals surface area contributed by atoms with Gasteiger partial charge in [-0.1, -0.05) is 30.3 Å². The van der Waals surface area contributed by atoms with E-state index >= 15 is 0 Å². The molecule has 1 aromatic carbocycles. The van der Waals surface area contributed by atoms with Crippen LogP contribution >= 0.6 is 0 Å². The summed E-state index contributed by atoms with van der Waals surface area (Å²) < 4.78 is 1.84. The fourth-order valence-electron chi connectivity index (χ4n) is 2.36. The Bertz CT molecular complexity index is 608. The number of aliphatic hydroxyl groups is 1. The monoisotopic (exact) mass is 301 g/mol. The molecular formula is C17H23N3O2. The van der Waals surface area contributed by atoms with Crippen molar-refractivity contribution in [3.8, 4) is 0 Å². The molecule has 0 bridgehead atoms. The molecule has 1 amide bonds. The van der Waals surface area contributed by atoms with Crippen molar-refractivity contribution in [2.24, 2.45) is 0 Å². The lowest BCUT2D eigenvalue weighted by atomic mass is 10.1. The number of rotatable bonds is 7. The molecule has 0 saturated heterocycles. The first-order valence-electron chi connectivity index (χ1n) is 7.60. The molecular weight excluding hydrogens is 278 g/mol. The van der Waals surface area contributed by atoms with Gasteiger partial charge in [-0.2, -0.15) is 5.10 Å². The molecule has 1 unspecified atom stereocenters. The highest BCUT2D eigenvalue weighted by atomic mass is 16.3. The number of carbonyl (C=O) groups is 1. The molecule has 5 nitrogen and oxygen atoms in total. The van der Waals surface area contributed by atoms with Gasteiger partial charge < -0.3 is 10.4 Å². The summed E-state index contributed by atoms with van der Waals surface area (Å²) in [5.41, 5.74) is 2.61. The van der Waals surface area contributed by atoms with Crippen LogP contribution in [0.2, 0.25) is 0 Å². The van der Waals surface area contributed by atoms with Gasteiger partial charge in [0.1, 0.15) is 0 Å². The highest BCUT2D eigenvalue weighted by Gasteiger charge is 2.16. The van der Waals surface area contributed by atoms with E-state index in [0.29, 0.717) is 18.5 Å². The van der Waals surface area contributed by atoms with Gasteiger partial charge in [0.15, 0.2) is 0 Å². The van der Waals surface area contributed by atoms with Gasteiger partial charge >= 0.3 is 0 Å². The Morgan fingerprint density at radius 2 is 2.09 bits per heavy atom. The third-order valence-corrected chi connectivity index (χ3v) is 3.70. The summed E-state index contributed by atoms with van der Waals surface area (Å²) >= 11 is 0. The van der Waals surface area contributed by atoms with E-state index in [4.69, 9.17) is 5.11 Å². The van der Waals surface area contributed by atoms with E-state index in [1.807, 2.05) is 48.9 Å². The van der Waals surface area contributed by atoms with Crippen LogP contribution in [0.4, 0.5) is 0 Å².